The van der Waals surface area contributed by atoms with Crippen LogP contribution in [0.25, 0.3) is 0 Å². The molecule has 0 unspecified atom stereocenters. The zero-order valence-electron chi connectivity index (χ0n) is 13.6. The minimum Gasteiger partial charge on any atom is -0.457 e. The molecule has 2 aromatic carbocycles. The van der Waals surface area contributed by atoms with E-state index in [1.807, 2.05) is 0 Å². The Balaban J connectivity index is 1.77. The van der Waals surface area contributed by atoms with Crippen LogP contribution >= 0.6 is 15.9 Å². The summed E-state index contributed by atoms with van der Waals surface area (Å²) in [4.78, 5) is 12.0. The van der Waals surface area contributed by atoms with Crippen LogP contribution in [0.1, 0.15) is 10.6 Å². The van der Waals surface area contributed by atoms with Gasteiger partial charge < -0.3 is 9.15 Å². The third-order valence-electron chi connectivity index (χ3n) is 3.61. The van der Waals surface area contributed by atoms with E-state index in [0.29, 0.717) is 5.69 Å². The molecule has 8 heteroatoms. The van der Waals surface area contributed by atoms with Crippen LogP contribution in [0, 0.1) is 0 Å². The van der Waals surface area contributed by atoms with Gasteiger partial charge in [0, 0.05) is 11.5 Å². The number of carbonyl (C=O) groups is 1. The fourth-order valence-electron chi connectivity index (χ4n) is 2.18. The van der Waals surface area contributed by atoms with Crippen molar-refractivity contribution in [1.29, 1.82) is 0 Å². The second-order valence-corrected chi connectivity index (χ2v) is 8.17. The third-order valence-corrected chi connectivity index (χ3v) is 5.93. The van der Waals surface area contributed by atoms with Gasteiger partial charge in [-0.05, 0) is 60.7 Å². The summed E-state index contributed by atoms with van der Waals surface area (Å²) in [7, 11) is -2.23. The number of benzene rings is 2. The van der Waals surface area contributed by atoms with Crippen molar-refractivity contribution in [3.63, 3.8) is 0 Å². The lowest BCUT2D eigenvalue weighted by atomic mass is 10.3. The molecule has 0 aliphatic rings. The molecule has 0 amide bonds. The number of esters is 1. The maximum atomic E-state index is 12.7. The molecule has 0 saturated heterocycles. The molecule has 0 fully saturated rings. The molecule has 3 aromatic rings. The fraction of sp³-hybridized carbons (Fsp3) is 0.0556. The summed E-state index contributed by atoms with van der Waals surface area (Å²) >= 11 is 3.28. The molecular weight excluding hydrogens is 422 g/mol. The molecule has 134 valence electrons. The molecule has 0 spiro atoms. The largest absolute Gasteiger partial charge is 0.457 e. The van der Waals surface area contributed by atoms with Crippen molar-refractivity contribution in [2.24, 2.45) is 0 Å². The summed E-state index contributed by atoms with van der Waals surface area (Å²) in [5.41, 5.74) is 0.436. The molecule has 0 bridgehead atoms. The average Bonchev–Trinajstić information content (AvgIpc) is 3.17. The van der Waals surface area contributed by atoms with Crippen molar-refractivity contribution in [2.45, 2.75) is 4.90 Å². The van der Waals surface area contributed by atoms with Crippen molar-refractivity contribution in [3.05, 3.63) is 77.2 Å². The van der Waals surface area contributed by atoms with E-state index in [-0.39, 0.29) is 16.4 Å². The number of hydrogen-bond donors (Lipinski definition) is 0. The van der Waals surface area contributed by atoms with E-state index in [4.69, 9.17) is 9.15 Å². The highest BCUT2D eigenvalue weighted by Crippen LogP contribution is 2.25. The van der Waals surface area contributed by atoms with E-state index in [9.17, 15) is 13.2 Å². The standard InChI is InChI=1S/C18H14BrNO5S/c1-20(26(22,23)16-10-4-13(19)5-11-16)14-6-8-15(9-7-14)25-18(21)17-3-2-12-24-17/h2-12H,1H3. The Morgan fingerprint density at radius 2 is 1.69 bits per heavy atom. The number of sulfonamides is 1. The minimum absolute atomic E-state index is 0.0870. The quantitative estimate of drug-likeness (QED) is 0.445. The Bertz CT molecular complexity index is 997. The molecule has 0 saturated carbocycles. The van der Waals surface area contributed by atoms with Gasteiger partial charge >= 0.3 is 5.97 Å². The molecule has 6 nitrogen and oxygen atoms in total. The molecule has 0 N–H and O–H groups in total. The zero-order chi connectivity index (χ0) is 18.7. The zero-order valence-corrected chi connectivity index (χ0v) is 16.0. The van der Waals surface area contributed by atoms with Gasteiger partial charge in [-0.25, -0.2) is 13.2 Å². The van der Waals surface area contributed by atoms with Gasteiger partial charge in [0.05, 0.1) is 16.8 Å². The van der Waals surface area contributed by atoms with Gasteiger partial charge in [0.15, 0.2) is 0 Å². The lowest BCUT2D eigenvalue weighted by Gasteiger charge is -2.19. The molecule has 0 aliphatic heterocycles. The Morgan fingerprint density at radius 1 is 1.04 bits per heavy atom. The topological polar surface area (TPSA) is 76.8 Å². The van der Waals surface area contributed by atoms with Crippen molar-refractivity contribution < 1.29 is 22.4 Å². The van der Waals surface area contributed by atoms with Crippen LogP contribution in [0.5, 0.6) is 5.75 Å². The van der Waals surface area contributed by atoms with Crippen molar-refractivity contribution in [1.82, 2.24) is 0 Å². The van der Waals surface area contributed by atoms with Crippen LogP contribution in [-0.2, 0) is 10.0 Å². The number of anilines is 1. The predicted octanol–water partition coefficient (Wildman–Crippen LogP) is 4.09. The number of ether oxygens (including phenoxy) is 1. The lowest BCUT2D eigenvalue weighted by molar-refractivity contribution is 0.0701. The number of furan rings is 1. The molecule has 1 heterocycles. The first-order chi connectivity index (χ1) is 12.4. The van der Waals surface area contributed by atoms with Crippen molar-refractivity contribution >= 4 is 37.6 Å². The molecular formula is C18H14BrNO5S. The van der Waals surface area contributed by atoms with Crippen molar-refractivity contribution in [2.75, 3.05) is 11.4 Å². The van der Waals surface area contributed by atoms with E-state index < -0.39 is 16.0 Å². The molecule has 3 rings (SSSR count). The smallest absolute Gasteiger partial charge is 0.379 e. The molecule has 0 aliphatic carbocycles. The van der Waals surface area contributed by atoms with E-state index in [0.717, 1.165) is 8.78 Å². The van der Waals surface area contributed by atoms with Gasteiger partial charge in [0.25, 0.3) is 10.0 Å². The molecule has 26 heavy (non-hydrogen) atoms. The lowest BCUT2D eigenvalue weighted by Crippen LogP contribution is -2.26. The van der Waals surface area contributed by atoms with Gasteiger partial charge in [-0.1, -0.05) is 15.9 Å². The minimum atomic E-state index is -3.69. The number of halogens is 1. The SMILES string of the molecule is CN(c1ccc(OC(=O)c2ccco2)cc1)S(=O)(=O)c1ccc(Br)cc1. The van der Waals surface area contributed by atoms with Crippen LogP contribution < -0.4 is 9.04 Å². The summed E-state index contributed by atoms with van der Waals surface area (Å²) in [5, 5.41) is 0. The Labute approximate surface area is 159 Å². The second-order valence-electron chi connectivity index (χ2n) is 5.29. The van der Waals surface area contributed by atoms with Gasteiger partial charge in [-0.2, -0.15) is 0 Å². The second kappa shape index (κ2) is 7.35. The van der Waals surface area contributed by atoms with E-state index in [1.54, 1.807) is 30.3 Å². The van der Waals surface area contributed by atoms with Crippen LogP contribution in [0.15, 0.2) is 80.7 Å². The predicted molar refractivity (Wildman–Crippen MR) is 99.8 cm³/mol. The fourth-order valence-corrected chi connectivity index (χ4v) is 3.64. The van der Waals surface area contributed by atoms with Gasteiger partial charge in [0.2, 0.25) is 5.76 Å². The highest BCUT2D eigenvalue weighted by molar-refractivity contribution is 9.10. The highest BCUT2D eigenvalue weighted by atomic mass is 79.9. The monoisotopic (exact) mass is 435 g/mol. The van der Waals surface area contributed by atoms with Crippen LogP contribution in [0.3, 0.4) is 0 Å². The average molecular weight is 436 g/mol. The van der Waals surface area contributed by atoms with Gasteiger partial charge in [0.1, 0.15) is 5.75 Å². The van der Waals surface area contributed by atoms with Crippen LogP contribution in [0.2, 0.25) is 0 Å². The summed E-state index contributed by atoms with van der Waals surface area (Å²) in [6.45, 7) is 0. The maximum Gasteiger partial charge on any atom is 0.379 e. The summed E-state index contributed by atoms with van der Waals surface area (Å²) in [5.74, 6) is -0.257. The Morgan fingerprint density at radius 3 is 2.27 bits per heavy atom. The molecule has 0 atom stereocenters. The van der Waals surface area contributed by atoms with E-state index in [1.165, 1.54) is 43.6 Å². The number of hydrogen-bond acceptors (Lipinski definition) is 5. The summed E-state index contributed by atoms with van der Waals surface area (Å²) < 4.78 is 37.4. The first-order valence-electron chi connectivity index (χ1n) is 7.48. The summed E-state index contributed by atoms with van der Waals surface area (Å²) in [6.07, 6.45) is 1.38. The maximum absolute atomic E-state index is 12.7. The van der Waals surface area contributed by atoms with Gasteiger partial charge in [-0.3, -0.25) is 4.31 Å². The normalized spacial score (nSPS) is 11.2. The van der Waals surface area contributed by atoms with Crippen LogP contribution in [-0.4, -0.2) is 21.4 Å². The highest BCUT2D eigenvalue weighted by Gasteiger charge is 2.21. The number of rotatable bonds is 5. The third kappa shape index (κ3) is 3.81. The van der Waals surface area contributed by atoms with Crippen LogP contribution in [0.4, 0.5) is 5.69 Å². The number of carbonyl (C=O) groups excluding carboxylic acids is 1. The molecule has 1 aromatic heterocycles. The Hall–Kier alpha value is -2.58. The Kier molecular flexibility index (Phi) is 5.15. The molecule has 0 radical (unpaired) electrons. The van der Waals surface area contributed by atoms with Crippen molar-refractivity contribution in [3.8, 4) is 5.75 Å². The van der Waals surface area contributed by atoms with Gasteiger partial charge in [-0.15, -0.1) is 0 Å². The number of nitrogens with zero attached hydrogens (tertiary/aromatic N) is 1. The first kappa shape index (κ1) is 18.2. The summed E-state index contributed by atoms with van der Waals surface area (Å²) in [6, 6.07) is 15.6. The van der Waals surface area contributed by atoms with E-state index in [2.05, 4.69) is 15.9 Å². The first-order valence-corrected chi connectivity index (χ1v) is 9.71. The van der Waals surface area contributed by atoms with E-state index >= 15 is 0 Å².